The first-order chi connectivity index (χ1) is 11.3. The molecule has 0 saturated heterocycles. The van der Waals surface area contributed by atoms with Crippen LogP contribution in [0, 0.1) is 0 Å². The van der Waals surface area contributed by atoms with Crippen molar-refractivity contribution in [1.82, 2.24) is 15.1 Å². The molecule has 2 amide bonds. The second-order valence-corrected chi connectivity index (χ2v) is 5.47. The zero-order valence-electron chi connectivity index (χ0n) is 13.3. The van der Waals surface area contributed by atoms with Crippen LogP contribution >= 0.6 is 0 Å². The van der Waals surface area contributed by atoms with Gasteiger partial charge in [-0.05, 0) is 25.5 Å². The Morgan fingerprint density at radius 2 is 1.92 bits per heavy atom. The molecule has 1 aromatic carbocycles. The van der Waals surface area contributed by atoms with Gasteiger partial charge in [0, 0.05) is 6.07 Å². The number of aromatic nitrogens is 2. The van der Waals surface area contributed by atoms with Gasteiger partial charge in [0.15, 0.2) is 5.69 Å². The number of carbonyl (C=O) groups excluding carboxylic acids is 2. The van der Waals surface area contributed by atoms with Gasteiger partial charge in [0.1, 0.15) is 11.2 Å². The van der Waals surface area contributed by atoms with Crippen LogP contribution in [0.15, 0.2) is 36.4 Å². The maximum atomic E-state index is 12.3. The van der Waals surface area contributed by atoms with Crippen LogP contribution in [-0.2, 0) is 4.79 Å². The minimum Gasteiger partial charge on any atom is -0.480 e. The van der Waals surface area contributed by atoms with E-state index in [0.29, 0.717) is 5.69 Å². The van der Waals surface area contributed by atoms with Gasteiger partial charge in [-0.15, -0.1) is 0 Å². The summed E-state index contributed by atoms with van der Waals surface area (Å²) < 4.78 is 1.25. The molecule has 0 radical (unpaired) electrons. The lowest BCUT2D eigenvalue weighted by Gasteiger charge is -2.23. The number of hydrogen-bond donors (Lipinski definition) is 3. The van der Waals surface area contributed by atoms with Crippen LogP contribution in [0.4, 0.5) is 0 Å². The highest BCUT2D eigenvalue weighted by Gasteiger charge is 2.34. The molecule has 2 rings (SSSR count). The monoisotopic (exact) mass is 330 g/mol. The number of nitrogens with zero attached hydrogens (tertiary/aromatic N) is 2. The van der Waals surface area contributed by atoms with Crippen molar-refractivity contribution in [1.29, 1.82) is 0 Å². The highest BCUT2D eigenvalue weighted by molar-refractivity contribution is 5.99. The van der Waals surface area contributed by atoms with E-state index in [1.165, 1.54) is 17.7 Å². The Labute approximate surface area is 138 Å². The predicted octanol–water partition coefficient (Wildman–Crippen LogP) is 0.954. The van der Waals surface area contributed by atoms with E-state index in [1.54, 1.807) is 37.3 Å². The fraction of sp³-hybridized carbons (Fsp3) is 0.250. The number of hydrogen-bond acceptors (Lipinski definition) is 4. The maximum absolute atomic E-state index is 12.3. The van der Waals surface area contributed by atoms with E-state index in [9.17, 15) is 19.5 Å². The predicted molar refractivity (Wildman–Crippen MR) is 85.9 cm³/mol. The normalized spacial score (nSPS) is 13.1. The second-order valence-electron chi connectivity index (χ2n) is 5.47. The first-order valence-corrected chi connectivity index (χ1v) is 7.29. The Balaban J connectivity index is 2.40. The van der Waals surface area contributed by atoms with Gasteiger partial charge in [-0.1, -0.05) is 25.1 Å². The van der Waals surface area contributed by atoms with Gasteiger partial charge in [-0.25, -0.2) is 9.48 Å². The van der Waals surface area contributed by atoms with Crippen molar-refractivity contribution < 1.29 is 19.5 Å². The third-order valence-electron chi connectivity index (χ3n) is 3.76. The molecule has 1 unspecified atom stereocenters. The van der Waals surface area contributed by atoms with E-state index in [4.69, 9.17) is 5.73 Å². The zero-order valence-corrected chi connectivity index (χ0v) is 13.3. The van der Waals surface area contributed by atoms with Gasteiger partial charge in [0.2, 0.25) is 0 Å². The fourth-order valence-corrected chi connectivity index (χ4v) is 2.04. The Morgan fingerprint density at radius 3 is 2.42 bits per heavy atom. The number of primary amides is 1. The number of nitrogens with two attached hydrogens (primary N) is 1. The Bertz CT molecular complexity index is 785. The Kier molecular flexibility index (Phi) is 4.68. The number of carboxylic acid groups (broad SMARTS) is 1. The van der Waals surface area contributed by atoms with E-state index >= 15 is 0 Å². The third-order valence-corrected chi connectivity index (χ3v) is 3.76. The van der Waals surface area contributed by atoms with Gasteiger partial charge >= 0.3 is 5.97 Å². The summed E-state index contributed by atoms with van der Waals surface area (Å²) in [6, 6.07) is 9.94. The Morgan fingerprint density at radius 1 is 1.29 bits per heavy atom. The zero-order chi connectivity index (χ0) is 17.9. The van der Waals surface area contributed by atoms with Crippen LogP contribution in [0.2, 0.25) is 0 Å². The van der Waals surface area contributed by atoms with Crippen molar-refractivity contribution in [3.05, 3.63) is 47.8 Å². The van der Waals surface area contributed by atoms with Crippen LogP contribution in [-0.4, -0.2) is 38.2 Å². The summed E-state index contributed by atoms with van der Waals surface area (Å²) in [7, 11) is 0. The lowest BCUT2D eigenvalue weighted by atomic mass is 9.99. The first-order valence-electron chi connectivity index (χ1n) is 7.29. The van der Waals surface area contributed by atoms with E-state index < -0.39 is 23.3 Å². The van der Waals surface area contributed by atoms with Crippen LogP contribution in [0.5, 0.6) is 0 Å². The molecule has 1 atom stereocenters. The van der Waals surface area contributed by atoms with Crippen molar-refractivity contribution in [3.63, 3.8) is 0 Å². The van der Waals surface area contributed by atoms with Gasteiger partial charge in [-0.3, -0.25) is 9.59 Å². The number of benzene rings is 1. The molecule has 0 spiro atoms. The lowest BCUT2D eigenvalue weighted by Crippen LogP contribution is -2.51. The molecule has 0 aliphatic rings. The molecule has 0 aliphatic heterocycles. The molecule has 8 nitrogen and oxygen atoms in total. The van der Waals surface area contributed by atoms with Crippen molar-refractivity contribution >= 4 is 17.8 Å². The molecule has 2 aromatic rings. The summed E-state index contributed by atoms with van der Waals surface area (Å²) in [5.74, 6) is -2.60. The fourth-order valence-electron chi connectivity index (χ4n) is 2.04. The molecule has 126 valence electrons. The number of rotatable bonds is 6. The van der Waals surface area contributed by atoms with Crippen LogP contribution in [0.25, 0.3) is 5.69 Å². The molecule has 1 aromatic heterocycles. The van der Waals surface area contributed by atoms with Crippen LogP contribution < -0.4 is 11.1 Å². The SMILES string of the molecule is CCC(C)(NC(=O)c1cc(C(N)=O)n(-c2ccccc2)n1)C(=O)O. The standard InChI is InChI=1S/C16H18N4O4/c1-3-16(2,15(23)24)18-14(22)11-9-12(13(17)21)20(19-11)10-7-5-4-6-8-10/h4-9H,3H2,1-2H3,(H2,17,21)(H,18,22)(H,23,24). The number of carbonyl (C=O) groups is 3. The van der Waals surface area contributed by atoms with Gasteiger partial charge in [0.05, 0.1) is 5.69 Å². The maximum Gasteiger partial charge on any atom is 0.329 e. The Hall–Kier alpha value is -3.16. The van der Waals surface area contributed by atoms with Crippen LogP contribution in [0.1, 0.15) is 41.2 Å². The van der Waals surface area contributed by atoms with E-state index in [2.05, 4.69) is 10.4 Å². The average molecular weight is 330 g/mol. The number of aliphatic carboxylic acids is 1. The largest absolute Gasteiger partial charge is 0.480 e. The van der Waals surface area contributed by atoms with Crippen molar-refractivity contribution in [3.8, 4) is 5.69 Å². The molecular formula is C16H18N4O4. The van der Waals surface area contributed by atoms with Crippen molar-refractivity contribution in [2.75, 3.05) is 0 Å². The molecule has 4 N–H and O–H groups in total. The molecule has 0 saturated carbocycles. The van der Waals surface area contributed by atoms with E-state index in [1.807, 2.05) is 0 Å². The molecule has 0 bridgehead atoms. The summed E-state index contributed by atoms with van der Waals surface area (Å²) in [6.45, 7) is 3.04. The van der Waals surface area contributed by atoms with Gasteiger partial charge in [0.25, 0.3) is 11.8 Å². The second kappa shape index (κ2) is 6.53. The molecule has 24 heavy (non-hydrogen) atoms. The number of carboxylic acids is 1. The molecule has 0 aliphatic carbocycles. The third kappa shape index (κ3) is 3.27. The minimum atomic E-state index is -1.43. The molecule has 1 heterocycles. The minimum absolute atomic E-state index is 0.0277. The summed E-state index contributed by atoms with van der Waals surface area (Å²) in [6.07, 6.45) is 0.191. The molecule has 0 fully saturated rings. The smallest absolute Gasteiger partial charge is 0.329 e. The topological polar surface area (TPSA) is 127 Å². The molecular weight excluding hydrogens is 312 g/mol. The highest BCUT2D eigenvalue weighted by Crippen LogP contribution is 2.15. The quantitative estimate of drug-likeness (QED) is 0.727. The summed E-state index contributed by atoms with van der Waals surface area (Å²) in [5.41, 5.74) is 4.41. The first kappa shape index (κ1) is 17.2. The highest BCUT2D eigenvalue weighted by atomic mass is 16.4. The average Bonchev–Trinajstić information content (AvgIpc) is 3.01. The molecule has 8 heteroatoms. The van der Waals surface area contributed by atoms with Crippen molar-refractivity contribution in [2.45, 2.75) is 25.8 Å². The lowest BCUT2D eigenvalue weighted by molar-refractivity contribution is -0.143. The van der Waals surface area contributed by atoms with Gasteiger partial charge in [-0.2, -0.15) is 5.10 Å². The van der Waals surface area contributed by atoms with E-state index in [0.717, 1.165) is 0 Å². The van der Waals surface area contributed by atoms with Crippen LogP contribution in [0.3, 0.4) is 0 Å². The number of para-hydroxylation sites is 1. The van der Waals surface area contributed by atoms with Gasteiger partial charge < -0.3 is 16.2 Å². The van der Waals surface area contributed by atoms with Crippen molar-refractivity contribution in [2.24, 2.45) is 5.73 Å². The summed E-state index contributed by atoms with van der Waals surface area (Å²) >= 11 is 0. The number of amides is 2. The summed E-state index contributed by atoms with van der Waals surface area (Å²) in [5, 5.41) is 15.8. The summed E-state index contributed by atoms with van der Waals surface area (Å²) in [4.78, 5) is 35.3. The van der Waals surface area contributed by atoms with E-state index in [-0.39, 0.29) is 17.8 Å². The number of nitrogens with one attached hydrogen (secondary N) is 1.